The van der Waals surface area contributed by atoms with Crippen LogP contribution in [0.4, 0.5) is 0 Å². The molecule has 0 aliphatic carbocycles. The van der Waals surface area contributed by atoms with Gasteiger partial charge < -0.3 is 0 Å². The molecule has 20 heavy (non-hydrogen) atoms. The van der Waals surface area contributed by atoms with Crippen molar-refractivity contribution in [1.82, 2.24) is 4.90 Å². The highest BCUT2D eigenvalue weighted by Gasteiger charge is 2.09. The summed E-state index contributed by atoms with van der Waals surface area (Å²) >= 11 is 0. The molecule has 0 bridgehead atoms. The maximum absolute atomic E-state index is 12.1. The molecule has 0 heterocycles. The van der Waals surface area contributed by atoms with Gasteiger partial charge in [0.15, 0.2) is 5.78 Å². The summed E-state index contributed by atoms with van der Waals surface area (Å²) in [6.45, 7) is 7.00. The van der Waals surface area contributed by atoms with E-state index in [0.29, 0.717) is 18.7 Å². The summed E-state index contributed by atoms with van der Waals surface area (Å²) in [4.78, 5) is 14.4. The quantitative estimate of drug-likeness (QED) is 0.567. The smallest absolute Gasteiger partial charge is 0.151 e. The normalized spacial score (nSPS) is 10.9. The van der Waals surface area contributed by atoms with Crippen LogP contribution in [0.25, 0.3) is 0 Å². The lowest BCUT2D eigenvalue weighted by Crippen LogP contribution is -2.31. The van der Waals surface area contributed by atoms with Crippen LogP contribution in [-0.4, -0.2) is 30.3 Å². The monoisotopic (exact) mass is 275 g/mol. The standard InChI is InChI=1S/C18H29NO/c1-3-5-6-7-11-14-19(4-2)16-18(20)15-17-12-9-8-10-13-17/h8-10,12-13H,3-7,11,14-16H2,1-2H3. The Morgan fingerprint density at radius 2 is 1.70 bits per heavy atom. The average molecular weight is 275 g/mol. The summed E-state index contributed by atoms with van der Waals surface area (Å²) in [7, 11) is 0. The molecule has 112 valence electrons. The van der Waals surface area contributed by atoms with Gasteiger partial charge in [0.25, 0.3) is 0 Å². The van der Waals surface area contributed by atoms with Crippen LogP contribution in [0.15, 0.2) is 30.3 Å². The first-order chi connectivity index (χ1) is 9.76. The molecule has 0 N–H and O–H groups in total. The highest BCUT2D eigenvalue weighted by atomic mass is 16.1. The molecule has 0 saturated heterocycles. The van der Waals surface area contributed by atoms with Gasteiger partial charge >= 0.3 is 0 Å². The van der Waals surface area contributed by atoms with Crippen molar-refractivity contribution in [3.63, 3.8) is 0 Å². The Bertz CT molecular complexity index is 361. The molecule has 1 rings (SSSR count). The van der Waals surface area contributed by atoms with Crippen molar-refractivity contribution in [2.45, 2.75) is 52.4 Å². The van der Waals surface area contributed by atoms with Gasteiger partial charge in [-0.25, -0.2) is 0 Å². The first-order valence-corrected chi connectivity index (χ1v) is 8.04. The lowest BCUT2D eigenvalue weighted by atomic mass is 10.1. The fourth-order valence-corrected chi connectivity index (χ4v) is 2.42. The predicted molar refractivity (Wildman–Crippen MR) is 86.0 cm³/mol. The molecule has 2 heteroatoms. The number of carbonyl (C=O) groups is 1. The fourth-order valence-electron chi connectivity index (χ4n) is 2.42. The topological polar surface area (TPSA) is 20.3 Å². The van der Waals surface area contributed by atoms with E-state index >= 15 is 0 Å². The first kappa shape index (κ1) is 16.9. The Balaban J connectivity index is 2.23. The fraction of sp³-hybridized carbons (Fsp3) is 0.611. The van der Waals surface area contributed by atoms with E-state index in [2.05, 4.69) is 18.7 Å². The van der Waals surface area contributed by atoms with Gasteiger partial charge in [-0.15, -0.1) is 0 Å². The van der Waals surface area contributed by atoms with E-state index in [0.717, 1.165) is 18.7 Å². The zero-order valence-electron chi connectivity index (χ0n) is 13.1. The molecule has 0 amide bonds. The third-order valence-electron chi connectivity index (χ3n) is 3.67. The third-order valence-corrected chi connectivity index (χ3v) is 3.67. The molecule has 0 aromatic heterocycles. The molecule has 0 radical (unpaired) electrons. The molecule has 0 unspecified atom stereocenters. The van der Waals surface area contributed by atoms with Gasteiger partial charge in [0.2, 0.25) is 0 Å². The van der Waals surface area contributed by atoms with Gasteiger partial charge in [-0.05, 0) is 25.1 Å². The molecule has 0 saturated carbocycles. The van der Waals surface area contributed by atoms with E-state index < -0.39 is 0 Å². The summed E-state index contributed by atoms with van der Waals surface area (Å²) in [5, 5.41) is 0. The average Bonchev–Trinajstić information content (AvgIpc) is 2.46. The Morgan fingerprint density at radius 1 is 1.00 bits per heavy atom. The molecule has 0 spiro atoms. The van der Waals surface area contributed by atoms with E-state index in [-0.39, 0.29) is 0 Å². The van der Waals surface area contributed by atoms with E-state index in [9.17, 15) is 4.79 Å². The number of rotatable bonds is 11. The number of nitrogens with zero attached hydrogens (tertiary/aromatic N) is 1. The van der Waals surface area contributed by atoms with E-state index in [1.165, 1.54) is 32.1 Å². The highest BCUT2D eigenvalue weighted by molar-refractivity contribution is 5.82. The summed E-state index contributed by atoms with van der Waals surface area (Å²) in [6.07, 6.45) is 7.01. The van der Waals surface area contributed by atoms with Crippen LogP contribution in [0.3, 0.4) is 0 Å². The first-order valence-electron chi connectivity index (χ1n) is 8.04. The number of likely N-dealkylation sites (N-methyl/N-ethyl adjacent to an activating group) is 1. The van der Waals surface area contributed by atoms with Crippen LogP contribution in [0.2, 0.25) is 0 Å². The summed E-state index contributed by atoms with van der Waals surface area (Å²) in [5.74, 6) is 0.326. The molecule has 1 aromatic carbocycles. The zero-order chi connectivity index (χ0) is 14.6. The minimum Gasteiger partial charge on any atom is -0.298 e. The van der Waals surface area contributed by atoms with Gasteiger partial charge in [0.05, 0.1) is 6.54 Å². The molecular formula is C18H29NO. The van der Waals surface area contributed by atoms with E-state index in [4.69, 9.17) is 0 Å². The molecule has 0 atom stereocenters. The Morgan fingerprint density at radius 3 is 2.35 bits per heavy atom. The maximum Gasteiger partial charge on any atom is 0.151 e. The summed E-state index contributed by atoms with van der Waals surface area (Å²) in [6, 6.07) is 10.0. The number of ketones is 1. The molecule has 0 aliphatic rings. The number of carbonyl (C=O) groups excluding carboxylic acids is 1. The number of hydrogen-bond donors (Lipinski definition) is 0. The predicted octanol–water partition coefficient (Wildman–Crippen LogP) is 4.09. The van der Waals surface area contributed by atoms with Crippen molar-refractivity contribution in [3.05, 3.63) is 35.9 Å². The van der Waals surface area contributed by atoms with E-state index in [1.807, 2.05) is 30.3 Å². The Hall–Kier alpha value is -1.15. The van der Waals surface area contributed by atoms with Gasteiger partial charge in [-0.3, -0.25) is 9.69 Å². The van der Waals surface area contributed by atoms with Crippen LogP contribution in [0, 0.1) is 0 Å². The number of hydrogen-bond acceptors (Lipinski definition) is 2. The number of unbranched alkanes of at least 4 members (excludes halogenated alkanes) is 4. The van der Waals surface area contributed by atoms with Gasteiger partial charge in [-0.2, -0.15) is 0 Å². The highest BCUT2D eigenvalue weighted by Crippen LogP contribution is 2.05. The van der Waals surface area contributed by atoms with Crippen LogP contribution in [-0.2, 0) is 11.2 Å². The second-order valence-corrected chi connectivity index (χ2v) is 5.48. The Labute approximate surface area is 124 Å². The molecular weight excluding hydrogens is 246 g/mol. The largest absolute Gasteiger partial charge is 0.298 e. The van der Waals surface area contributed by atoms with Crippen molar-refractivity contribution < 1.29 is 4.79 Å². The maximum atomic E-state index is 12.1. The van der Waals surface area contributed by atoms with Gasteiger partial charge in [-0.1, -0.05) is 69.9 Å². The van der Waals surface area contributed by atoms with Crippen molar-refractivity contribution in [2.75, 3.05) is 19.6 Å². The Kier molecular flexibility index (Phi) is 8.97. The van der Waals surface area contributed by atoms with Gasteiger partial charge in [0.1, 0.15) is 0 Å². The number of benzene rings is 1. The number of Topliss-reactive ketones (excluding diaryl/α,β-unsaturated/α-hetero) is 1. The SMILES string of the molecule is CCCCCCCN(CC)CC(=O)Cc1ccccc1. The van der Waals surface area contributed by atoms with Gasteiger partial charge in [0, 0.05) is 6.42 Å². The molecule has 2 nitrogen and oxygen atoms in total. The van der Waals surface area contributed by atoms with Crippen LogP contribution < -0.4 is 0 Å². The summed E-state index contributed by atoms with van der Waals surface area (Å²) in [5.41, 5.74) is 1.12. The second-order valence-electron chi connectivity index (χ2n) is 5.48. The lowest BCUT2D eigenvalue weighted by molar-refractivity contribution is -0.119. The van der Waals surface area contributed by atoms with Crippen molar-refractivity contribution >= 4 is 5.78 Å². The van der Waals surface area contributed by atoms with E-state index in [1.54, 1.807) is 0 Å². The summed E-state index contributed by atoms with van der Waals surface area (Å²) < 4.78 is 0. The van der Waals surface area contributed by atoms with Crippen molar-refractivity contribution in [1.29, 1.82) is 0 Å². The molecule has 1 aromatic rings. The van der Waals surface area contributed by atoms with Crippen LogP contribution in [0.5, 0.6) is 0 Å². The molecule has 0 aliphatic heterocycles. The van der Waals surface area contributed by atoms with Crippen molar-refractivity contribution in [2.24, 2.45) is 0 Å². The van der Waals surface area contributed by atoms with Crippen molar-refractivity contribution in [3.8, 4) is 0 Å². The van der Waals surface area contributed by atoms with Crippen LogP contribution in [0.1, 0.15) is 51.5 Å². The van der Waals surface area contributed by atoms with Crippen LogP contribution >= 0.6 is 0 Å². The second kappa shape index (κ2) is 10.6. The lowest BCUT2D eigenvalue weighted by Gasteiger charge is -2.19. The minimum atomic E-state index is 0.326. The molecule has 0 fully saturated rings. The third kappa shape index (κ3) is 7.44. The zero-order valence-corrected chi connectivity index (χ0v) is 13.1. The minimum absolute atomic E-state index is 0.326.